The largest absolute Gasteiger partial charge is 0.463 e. The molecule has 1 N–H and O–H groups in total. The lowest BCUT2D eigenvalue weighted by Gasteiger charge is -2.52. The van der Waals surface area contributed by atoms with E-state index >= 15 is 4.79 Å². The Hall–Kier alpha value is -7.38. The number of benzene rings is 5. The Morgan fingerprint density at radius 3 is 1.67 bits per heavy atom. The van der Waals surface area contributed by atoms with Crippen LogP contribution in [0.25, 0.3) is 0 Å². The number of amides is 2. The number of fused-ring (bicyclic) bond motifs is 1. The Balaban J connectivity index is 1.34. The number of aliphatic hydroxyl groups is 1. The van der Waals surface area contributed by atoms with E-state index in [-0.39, 0.29) is 16.7 Å². The Morgan fingerprint density at radius 1 is 0.671 bits per heavy atom. The molecular formula is C56H55NO16. The molecule has 3 unspecified atom stereocenters. The summed E-state index contributed by atoms with van der Waals surface area (Å²) in [6.45, 7) is 0.795. The van der Waals surface area contributed by atoms with E-state index in [0.29, 0.717) is 21.6 Å². The lowest BCUT2D eigenvalue weighted by molar-refractivity contribution is -0.370. The Labute approximate surface area is 424 Å². The van der Waals surface area contributed by atoms with Gasteiger partial charge in [0.2, 0.25) is 5.79 Å². The number of imide groups is 1. The van der Waals surface area contributed by atoms with Gasteiger partial charge >= 0.3 is 23.9 Å². The summed E-state index contributed by atoms with van der Waals surface area (Å²) in [6.07, 6.45) is -13.7. The van der Waals surface area contributed by atoms with E-state index in [1.165, 1.54) is 36.4 Å². The summed E-state index contributed by atoms with van der Waals surface area (Å²) in [5.74, 6) is -8.41. The Kier molecular flexibility index (Phi) is 15.8. The smallest absolute Gasteiger partial charge is 0.339 e. The molecule has 0 aromatic heterocycles. The molecule has 380 valence electrons. The number of ether oxygens (including phenoxy) is 9. The van der Waals surface area contributed by atoms with Crippen molar-refractivity contribution in [2.24, 2.45) is 0 Å². The molecule has 3 aliphatic heterocycles. The molecule has 2 fully saturated rings. The monoisotopic (exact) mass is 999 g/mol. The fraction of sp³-hybridized carbons (Fsp3) is 0.321. The minimum absolute atomic E-state index is 0.0578. The van der Waals surface area contributed by atoms with Crippen molar-refractivity contribution in [2.75, 3.05) is 6.61 Å². The Morgan fingerprint density at radius 2 is 1.16 bits per heavy atom. The molecule has 73 heavy (non-hydrogen) atoms. The average molecular weight is 1000 g/mol. The molecule has 17 nitrogen and oxygen atoms in total. The zero-order chi connectivity index (χ0) is 53.4. The molecular weight excluding hydrogens is 943 g/mol. The first-order valence-corrected chi connectivity index (χ1v) is 23.4. The van der Waals surface area contributed by atoms with Crippen molar-refractivity contribution in [3.05, 3.63) is 191 Å². The number of nitrogens with zero attached hydrogens (tertiary/aromatic N) is 1. The van der Waals surface area contributed by atoms with Crippen LogP contribution in [0.3, 0.4) is 0 Å². The van der Waals surface area contributed by atoms with Crippen molar-refractivity contribution in [2.45, 2.75) is 108 Å². The highest BCUT2D eigenvalue weighted by atomic mass is 16.7. The summed E-state index contributed by atoms with van der Waals surface area (Å²) < 4.78 is 75.2. The van der Waals surface area contributed by atoms with Crippen molar-refractivity contribution < 1.29 is 79.2 Å². The van der Waals surface area contributed by atoms with Crippen LogP contribution >= 0.6 is 0 Å². The fourth-order valence-electron chi connectivity index (χ4n) is 8.99. The number of rotatable bonds is 18. The van der Waals surface area contributed by atoms with Crippen molar-refractivity contribution in [3.63, 3.8) is 0 Å². The SMILES string of the molecule is [2H]C(O[C@H]1[C@H](O[C@@H]2O[C@H](COC(C)=O)[C@H](OC(C)=O)[C@H](OC(C)=O)[C@H]2N2C(=O)c3ccccc3C2=O)[C@@H](C(=O)OC(c2ccccc2)c2ccccc2)OC(O)(C=CC)[C@@H]1OC([2H])c1ccccc1)c1ccccc1. The van der Waals surface area contributed by atoms with Gasteiger partial charge in [-0.15, -0.1) is 0 Å². The number of carbonyl (C=O) groups excluding carboxylic acids is 6. The van der Waals surface area contributed by atoms with Gasteiger partial charge in [-0.1, -0.05) is 140 Å². The molecule has 5 aromatic rings. The van der Waals surface area contributed by atoms with Gasteiger partial charge in [-0.25, -0.2) is 4.79 Å². The molecule has 0 radical (unpaired) electrons. The second-order valence-electron chi connectivity index (χ2n) is 17.3. The van der Waals surface area contributed by atoms with Crippen LogP contribution in [0.2, 0.25) is 0 Å². The third-order valence-corrected chi connectivity index (χ3v) is 12.1. The molecule has 3 heterocycles. The van der Waals surface area contributed by atoms with Gasteiger partial charge < -0.3 is 47.7 Å². The highest BCUT2D eigenvalue weighted by Crippen LogP contribution is 2.42. The zero-order valence-corrected chi connectivity index (χ0v) is 40.2. The number of carbonyl (C=O) groups is 6. The van der Waals surface area contributed by atoms with Gasteiger partial charge in [0.1, 0.15) is 37.1 Å². The fourth-order valence-corrected chi connectivity index (χ4v) is 8.99. The van der Waals surface area contributed by atoms with E-state index in [2.05, 4.69) is 0 Å². The molecule has 2 saturated heterocycles. The van der Waals surface area contributed by atoms with Crippen LogP contribution in [-0.2, 0) is 75.0 Å². The molecule has 0 aliphatic carbocycles. The minimum Gasteiger partial charge on any atom is -0.463 e. The number of hydrogen-bond acceptors (Lipinski definition) is 16. The van der Waals surface area contributed by atoms with Gasteiger partial charge in [-0.3, -0.25) is 28.9 Å². The molecule has 17 heteroatoms. The first kappa shape index (κ1) is 49.2. The minimum atomic E-state index is -2.70. The van der Waals surface area contributed by atoms with Crippen LogP contribution in [0.15, 0.2) is 158 Å². The topological polar surface area (TPSA) is 209 Å². The maximum Gasteiger partial charge on any atom is 0.339 e. The second kappa shape index (κ2) is 23.4. The third kappa shape index (κ3) is 11.9. The van der Waals surface area contributed by atoms with Crippen molar-refractivity contribution in [1.82, 2.24) is 4.90 Å². The lowest BCUT2D eigenvalue weighted by Crippen LogP contribution is -2.71. The zero-order valence-electron chi connectivity index (χ0n) is 42.2. The number of esters is 4. The van der Waals surface area contributed by atoms with E-state index in [4.69, 9.17) is 42.6 Å². The van der Waals surface area contributed by atoms with Gasteiger partial charge in [-0.2, -0.15) is 0 Å². The van der Waals surface area contributed by atoms with Crippen LogP contribution in [0.4, 0.5) is 0 Å². The number of hydrogen-bond donors (Lipinski definition) is 1. The van der Waals surface area contributed by atoms with Gasteiger partial charge in [0, 0.05) is 20.8 Å². The van der Waals surface area contributed by atoms with Crippen LogP contribution in [0.5, 0.6) is 0 Å². The van der Waals surface area contributed by atoms with Gasteiger partial charge in [0.15, 0.2) is 30.7 Å². The van der Waals surface area contributed by atoms with Gasteiger partial charge in [0.05, 0.1) is 27.0 Å². The molecule has 8 rings (SSSR count). The van der Waals surface area contributed by atoms with Crippen molar-refractivity contribution in [3.8, 4) is 0 Å². The molecule has 0 spiro atoms. The molecule has 3 aliphatic rings. The van der Waals surface area contributed by atoms with Gasteiger partial charge in [0.25, 0.3) is 11.8 Å². The van der Waals surface area contributed by atoms with Crippen LogP contribution in [0.1, 0.15) is 79.5 Å². The van der Waals surface area contributed by atoms with Crippen molar-refractivity contribution >= 4 is 35.7 Å². The van der Waals surface area contributed by atoms with E-state index in [1.54, 1.807) is 128 Å². The normalized spacial score (nSPS) is 27.0. The number of allylic oxidation sites excluding steroid dienone is 1. The summed E-state index contributed by atoms with van der Waals surface area (Å²) in [7, 11) is 0. The maximum absolute atomic E-state index is 15.5. The predicted molar refractivity (Wildman–Crippen MR) is 257 cm³/mol. The second-order valence-corrected chi connectivity index (χ2v) is 17.3. The summed E-state index contributed by atoms with van der Waals surface area (Å²) in [5.41, 5.74) is 1.53. The van der Waals surface area contributed by atoms with Crippen LogP contribution < -0.4 is 0 Å². The van der Waals surface area contributed by atoms with Gasteiger partial charge in [-0.05, 0) is 47.4 Å². The van der Waals surface area contributed by atoms with E-state index < -0.39 is 122 Å². The van der Waals surface area contributed by atoms with E-state index in [9.17, 15) is 31.8 Å². The molecule has 0 bridgehead atoms. The van der Waals surface area contributed by atoms with Crippen LogP contribution in [0, 0.1) is 0 Å². The molecule has 2 amide bonds. The van der Waals surface area contributed by atoms with E-state index in [1.807, 2.05) is 0 Å². The molecule has 5 aromatic carbocycles. The van der Waals surface area contributed by atoms with Crippen LogP contribution in [-0.4, -0.2) is 113 Å². The third-order valence-electron chi connectivity index (χ3n) is 12.1. The standard InChI is InChI=1S/C56H55NO16/c1-5-30-56(64)51(67-32-38-22-12-7-13-23-38)49(66-31-37-20-10-6-11-21-37)48(50(73-56)54(63)71-45(39-24-14-8-15-25-39)40-26-16-9-17-27-40)72-55-44(57-52(61)41-28-18-19-29-42(41)53(57)62)47(69-36(4)60)46(68-35(3)59)43(70-55)33-65-34(2)58/h5-30,43-51,55,64H,31-33H2,1-4H3/t43-,44-,46+,47-,48+,49+,50+,51-,55+,56?/m1/s1/i31D,32D/t31?,32?,43-,44-,46+,47-,48+,49+,50+,51-,55+,56?. The highest BCUT2D eigenvalue weighted by molar-refractivity contribution is 6.21. The maximum atomic E-state index is 15.5. The lowest BCUT2D eigenvalue weighted by atomic mass is 9.90. The quantitative estimate of drug-likeness (QED) is 0.0439. The van der Waals surface area contributed by atoms with E-state index in [0.717, 1.165) is 20.8 Å². The summed E-state index contributed by atoms with van der Waals surface area (Å²) in [6, 6.07) is 37.9. The first-order valence-electron chi connectivity index (χ1n) is 24.6. The summed E-state index contributed by atoms with van der Waals surface area (Å²) >= 11 is 0. The van der Waals surface area contributed by atoms with Crippen molar-refractivity contribution in [1.29, 1.82) is 0 Å². The predicted octanol–water partition coefficient (Wildman–Crippen LogP) is 6.35. The summed E-state index contributed by atoms with van der Waals surface area (Å²) in [5, 5.41) is 12.9. The molecule has 0 saturated carbocycles. The average Bonchev–Trinajstić information content (AvgIpc) is 3.65. The molecule has 12 atom stereocenters. The first-order chi connectivity index (χ1) is 36.1. The summed E-state index contributed by atoms with van der Waals surface area (Å²) in [4.78, 5) is 84.0. The Bertz CT molecular complexity index is 2770. The highest BCUT2D eigenvalue weighted by Gasteiger charge is 2.62.